The summed E-state index contributed by atoms with van der Waals surface area (Å²) in [6, 6.07) is 2.25. The molecule has 2 aromatic heterocycles. The maximum atomic E-state index is 14.4. The summed E-state index contributed by atoms with van der Waals surface area (Å²) in [6.45, 7) is 1.44. The quantitative estimate of drug-likeness (QED) is 0.544. The van der Waals surface area contributed by atoms with Crippen molar-refractivity contribution in [2.24, 2.45) is 12.1 Å². The first-order chi connectivity index (χ1) is 16.8. The fraction of sp³-hybridized carbons (Fsp3) is 0.318. The number of urea groups is 1. The predicted octanol–water partition coefficient (Wildman–Crippen LogP) is 3.62. The van der Waals surface area contributed by atoms with Crippen LogP contribution in [0.15, 0.2) is 35.7 Å². The third-order valence-corrected chi connectivity index (χ3v) is 6.15. The van der Waals surface area contributed by atoms with Gasteiger partial charge in [0.2, 0.25) is 5.95 Å². The number of benzene rings is 1. The normalized spacial score (nSPS) is 18.0. The van der Waals surface area contributed by atoms with Gasteiger partial charge in [-0.15, -0.1) is 0 Å². The number of aromatic nitrogens is 4. The number of carbonyl (C=O) groups is 1. The minimum Gasteiger partial charge on any atom is -0.337 e. The van der Waals surface area contributed by atoms with Crippen molar-refractivity contribution in [1.29, 1.82) is 0 Å². The summed E-state index contributed by atoms with van der Waals surface area (Å²) in [5.41, 5.74) is 0.555. The molecule has 0 saturated carbocycles. The Kier molecular flexibility index (Phi) is 6.05. The number of piperazine rings is 1. The fourth-order valence-electron chi connectivity index (χ4n) is 4.18. The van der Waals surface area contributed by atoms with E-state index in [1.165, 1.54) is 21.8 Å². The first kappa shape index (κ1) is 23.1. The SMILES string of the molecule is Cn1cc(Cl)c(-c2nc(N3CCN(C(=O)N4N=CC[C@H]4c4cc(F)cc(F)c4)CC3)ncc2F)n1. The van der Waals surface area contributed by atoms with Crippen molar-refractivity contribution in [3.8, 4) is 11.4 Å². The van der Waals surface area contributed by atoms with Crippen molar-refractivity contribution in [3.63, 3.8) is 0 Å². The van der Waals surface area contributed by atoms with E-state index in [9.17, 15) is 18.0 Å². The van der Waals surface area contributed by atoms with Crippen LogP contribution in [-0.2, 0) is 7.05 Å². The van der Waals surface area contributed by atoms with Gasteiger partial charge in [-0.05, 0) is 17.7 Å². The van der Waals surface area contributed by atoms with Crippen LogP contribution in [0.4, 0.5) is 23.9 Å². The molecule has 0 unspecified atom stereocenters. The molecule has 13 heteroatoms. The number of hydrogen-bond acceptors (Lipinski definition) is 6. The molecule has 35 heavy (non-hydrogen) atoms. The van der Waals surface area contributed by atoms with Gasteiger partial charge in [-0.25, -0.2) is 32.9 Å². The van der Waals surface area contributed by atoms with Gasteiger partial charge >= 0.3 is 6.03 Å². The highest BCUT2D eigenvalue weighted by atomic mass is 35.5. The average molecular weight is 505 g/mol. The molecule has 1 saturated heterocycles. The predicted molar refractivity (Wildman–Crippen MR) is 122 cm³/mol. The lowest BCUT2D eigenvalue weighted by Crippen LogP contribution is -2.52. The molecule has 2 aliphatic heterocycles. The van der Waals surface area contributed by atoms with E-state index in [0.717, 1.165) is 12.3 Å². The van der Waals surface area contributed by atoms with Crippen LogP contribution < -0.4 is 4.90 Å². The van der Waals surface area contributed by atoms with Crippen molar-refractivity contribution in [3.05, 3.63) is 58.6 Å². The average Bonchev–Trinajstić information content (AvgIpc) is 3.44. The van der Waals surface area contributed by atoms with Gasteiger partial charge in [0.05, 0.1) is 17.3 Å². The molecule has 1 fully saturated rings. The third kappa shape index (κ3) is 4.53. The van der Waals surface area contributed by atoms with E-state index in [1.807, 2.05) is 4.90 Å². The maximum absolute atomic E-state index is 14.4. The number of halogens is 4. The second-order valence-corrected chi connectivity index (χ2v) is 8.63. The van der Waals surface area contributed by atoms with Crippen LogP contribution in [0, 0.1) is 17.5 Å². The van der Waals surface area contributed by atoms with Gasteiger partial charge in [-0.2, -0.15) is 10.2 Å². The third-order valence-electron chi connectivity index (χ3n) is 5.87. The number of carbonyl (C=O) groups excluding carboxylic acids is 1. The number of amides is 2. The summed E-state index contributed by atoms with van der Waals surface area (Å²) in [5.74, 6) is -1.77. The van der Waals surface area contributed by atoms with Crippen molar-refractivity contribution in [2.45, 2.75) is 12.5 Å². The van der Waals surface area contributed by atoms with Crippen LogP contribution in [-0.4, -0.2) is 68.1 Å². The minimum atomic E-state index is -0.710. The summed E-state index contributed by atoms with van der Waals surface area (Å²) in [7, 11) is 1.67. The molecule has 3 aromatic rings. The van der Waals surface area contributed by atoms with E-state index in [-0.39, 0.29) is 22.4 Å². The zero-order valence-corrected chi connectivity index (χ0v) is 19.3. The molecule has 0 radical (unpaired) electrons. The van der Waals surface area contributed by atoms with Crippen molar-refractivity contribution in [2.75, 3.05) is 31.1 Å². The standard InChI is InChI=1S/C22H20ClF3N8O/c1-31-12-16(23)19(30-31)20-17(26)11-27-21(29-20)32-4-6-33(7-5-32)22(35)34-18(2-3-28-34)13-8-14(24)10-15(25)9-13/h3,8-12,18H,2,4-7H2,1H3/t18-/m0/s1. The maximum Gasteiger partial charge on any atom is 0.341 e. The largest absolute Gasteiger partial charge is 0.341 e. The molecule has 5 rings (SSSR count). The lowest BCUT2D eigenvalue weighted by atomic mass is 10.0. The summed E-state index contributed by atoms with van der Waals surface area (Å²) in [6.07, 6.45) is 4.53. The Morgan fingerprint density at radius 3 is 2.43 bits per heavy atom. The van der Waals surface area contributed by atoms with Gasteiger partial charge in [0.15, 0.2) is 5.82 Å². The van der Waals surface area contributed by atoms with Gasteiger partial charge in [0.25, 0.3) is 0 Å². The van der Waals surface area contributed by atoms with Gasteiger partial charge in [0, 0.05) is 58.1 Å². The number of aryl methyl sites for hydroxylation is 1. The van der Waals surface area contributed by atoms with E-state index >= 15 is 0 Å². The lowest BCUT2D eigenvalue weighted by molar-refractivity contribution is 0.139. The topological polar surface area (TPSA) is 82.8 Å². The Morgan fingerprint density at radius 1 is 1.06 bits per heavy atom. The molecule has 0 spiro atoms. The van der Waals surface area contributed by atoms with Crippen molar-refractivity contribution >= 4 is 29.8 Å². The van der Waals surface area contributed by atoms with Crippen LogP contribution in [0.5, 0.6) is 0 Å². The zero-order valence-electron chi connectivity index (χ0n) is 18.6. The Bertz CT molecular complexity index is 1290. The molecule has 1 atom stereocenters. The molecule has 1 aromatic carbocycles. The number of rotatable bonds is 3. The van der Waals surface area contributed by atoms with E-state index in [1.54, 1.807) is 24.4 Å². The van der Waals surface area contributed by atoms with Crippen molar-refractivity contribution < 1.29 is 18.0 Å². The molecule has 2 amide bonds. The van der Waals surface area contributed by atoms with Gasteiger partial charge in [0.1, 0.15) is 23.0 Å². The lowest BCUT2D eigenvalue weighted by Gasteiger charge is -2.37. The molecular formula is C22H20ClF3N8O. The Labute approximate surface area is 203 Å². The second kappa shape index (κ2) is 9.17. The Morgan fingerprint density at radius 2 is 1.77 bits per heavy atom. The molecule has 9 nitrogen and oxygen atoms in total. The Balaban J connectivity index is 1.28. The van der Waals surface area contributed by atoms with Crippen LogP contribution in [0.3, 0.4) is 0 Å². The second-order valence-electron chi connectivity index (χ2n) is 8.22. The summed E-state index contributed by atoms with van der Waals surface area (Å²) >= 11 is 6.15. The monoisotopic (exact) mass is 504 g/mol. The fourth-order valence-corrected chi connectivity index (χ4v) is 4.45. The highest BCUT2D eigenvalue weighted by molar-refractivity contribution is 6.32. The van der Waals surface area contributed by atoms with Crippen LogP contribution in [0.2, 0.25) is 5.02 Å². The van der Waals surface area contributed by atoms with Gasteiger partial charge < -0.3 is 9.80 Å². The number of hydrazone groups is 1. The van der Waals surface area contributed by atoms with E-state index in [4.69, 9.17) is 11.6 Å². The van der Waals surface area contributed by atoms with Gasteiger partial charge in [-0.3, -0.25) is 4.68 Å². The zero-order chi connectivity index (χ0) is 24.7. The van der Waals surface area contributed by atoms with E-state index in [2.05, 4.69) is 20.2 Å². The number of anilines is 1. The highest BCUT2D eigenvalue weighted by Gasteiger charge is 2.34. The molecule has 2 aliphatic rings. The molecule has 4 heterocycles. The molecule has 0 aliphatic carbocycles. The molecule has 0 bridgehead atoms. The highest BCUT2D eigenvalue weighted by Crippen LogP contribution is 2.31. The summed E-state index contributed by atoms with van der Waals surface area (Å²) in [4.78, 5) is 25.0. The van der Waals surface area contributed by atoms with Crippen molar-refractivity contribution in [1.82, 2.24) is 29.7 Å². The van der Waals surface area contributed by atoms with E-state index < -0.39 is 23.5 Å². The first-order valence-electron chi connectivity index (χ1n) is 10.8. The Hall–Kier alpha value is -3.67. The number of nitrogens with zero attached hydrogens (tertiary/aromatic N) is 8. The number of hydrogen-bond donors (Lipinski definition) is 0. The molecule has 182 valence electrons. The molecular weight excluding hydrogens is 485 g/mol. The summed E-state index contributed by atoms with van der Waals surface area (Å²) in [5, 5.41) is 9.83. The summed E-state index contributed by atoms with van der Waals surface area (Å²) < 4.78 is 43.3. The van der Waals surface area contributed by atoms with Crippen LogP contribution in [0.1, 0.15) is 18.0 Å². The van der Waals surface area contributed by atoms with Crippen LogP contribution in [0.25, 0.3) is 11.4 Å². The van der Waals surface area contributed by atoms with Crippen LogP contribution >= 0.6 is 11.6 Å². The first-order valence-corrected chi connectivity index (χ1v) is 11.2. The molecule has 0 N–H and O–H groups in total. The smallest absolute Gasteiger partial charge is 0.337 e. The van der Waals surface area contributed by atoms with E-state index in [0.29, 0.717) is 44.1 Å². The minimum absolute atomic E-state index is 0.00400. The van der Waals surface area contributed by atoms with Gasteiger partial charge in [-0.1, -0.05) is 11.6 Å².